The van der Waals surface area contributed by atoms with E-state index in [4.69, 9.17) is 5.73 Å². The smallest absolute Gasteiger partial charge is 0.280 e. The Hall–Kier alpha value is -1.75. The van der Waals surface area contributed by atoms with Gasteiger partial charge in [0.2, 0.25) is 0 Å². The Balaban J connectivity index is 2.60. The van der Waals surface area contributed by atoms with Crippen LogP contribution in [0.2, 0.25) is 0 Å². The van der Waals surface area contributed by atoms with E-state index >= 15 is 0 Å². The van der Waals surface area contributed by atoms with Gasteiger partial charge in [0.15, 0.2) is 0 Å². The van der Waals surface area contributed by atoms with Gasteiger partial charge in [-0.3, -0.25) is 0 Å². The molecule has 0 bridgehead atoms. The molecule has 0 unspecified atom stereocenters. The number of rotatable bonds is 3. The van der Waals surface area contributed by atoms with Crippen LogP contribution in [-0.2, 0) is 6.54 Å². The number of benzene rings is 1. The van der Waals surface area contributed by atoms with Crippen molar-refractivity contribution in [1.82, 2.24) is 9.78 Å². The van der Waals surface area contributed by atoms with Crippen molar-refractivity contribution in [3.63, 3.8) is 0 Å². The van der Waals surface area contributed by atoms with Crippen molar-refractivity contribution in [3.05, 3.63) is 46.8 Å². The molecule has 18 heavy (non-hydrogen) atoms. The van der Waals surface area contributed by atoms with E-state index in [2.05, 4.69) is 5.10 Å². The van der Waals surface area contributed by atoms with Gasteiger partial charge in [-0.05, 0) is 25.5 Å². The average Bonchev–Trinajstić information content (AvgIpc) is 2.72. The zero-order valence-electron chi connectivity index (χ0n) is 10.3. The summed E-state index contributed by atoms with van der Waals surface area (Å²) in [5.41, 5.74) is 8.37. The predicted molar refractivity (Wildman–Crippen MR) is 65.9 cm³/mol. The highest BCUT2D eigenvalue weighted by molar-refractivity contribution is 5.44. The molecular weight excluding hydrogens is 236 g/mol. The first-order valence-electron chi connectivity index (χ1n) is 5.67. The Bertz CT molecular complexity index is 561. The van der Waals surface area contributed by atoms with Gasteiger partial charge in [-0.25, -0.2) is 13.5 Å². The first-order chi connectivity index (χ1) is 8.54. The lowest BCUT2D eigenvalue weighted by molar-refractivity contribution is 0.141. The number of hydrogen-bond donors (Lipinski definition) is 1. The molecule has 1 aromatic carbocycles. The topological polar surface area (TPSA) is 43.8 Å². The number of nitrogens with two attached hydrogens (primary N) is 1. The molecule has 0 saturated carbocycles. The SMILES string of the molecule is Cc1ccc(-n2ncc(CN)c2C(F)F)c(C)c1. The van der Waals surface area contributed by atoms with Crippen LogP contribution in [0.15, 0.2) is 24.4 Å². The molecule has 0 spiro atoms. The Morgan fingerprint density at radius 3 is 2.61 bits per heavy atom. The minimum absolute atomic E-state index is 0.0601. The fraction of sp³-hybridized carbons (Fsp3) is 0.308. The van der Waals surface area contributed by atoms with Crippen LogP contribution in [0.3, 0.4) is 0 Å². The Morgan fingerprint density at radius 1 is 1.33 bits per heavy atom. The Labute approximate surface area is 104 Å². The van der Waals surface area contributed by atoms with Crippen LogP contribution >= 0.6 is 0 Å². The second-order valence-electron chi connectivity index (χ2n) is 4.26. The third kappa shape index (κ3) is 2.13. The molecule has 96 valence electrons. The standard InChI is InChI=1S/C13H15F2N3/c1-8-3-4-11(9(2)5-8)18-12(13(14)15)10(6-16)7-17-18/h3-5,7,13H,6,16H2,1-2H3. The molecule has 0 aliphatic heterocycles. The minimum atomic E-state index is -2.59. The molecule has 0 radical (unpaired) electrons. The van der Waals surface area contributed by atoms with Crippen molar-refractivity contribution in [3.8, 4) is 5.69 Å². The highest BCUT2D eigenvalue weighted by Gasteiger charge is 2.20. The maximum Gasteiger partial charge on any atom is 0.280 e. The van der Waals surface area contributed by atoms with Crippen LogP contribution in [0.5, 0.6) is 0 Å². The number of aromatic nitrogens is 2. The first kappa shape index (κ1) is 12.7. The summed E-state index contributed by atoms with van der Waals surface area (Å²) < 4.78 is 27.5. The van der Waals surface area contributed by atoms with Gasteiger partial charge in [0, 0.05) is 12.1 Å². The van der Waals surface area contributed by atoms with Gasteiger partial charge < -0.3 is 5.73 Å². The average molecular weight is 251 g/mol. The molecule has 0 amide bonds. The molecule has 1 heterocycles. The molecule has 0 fully saturated rings. The lowest BCUT2D eigenvalue weighted by Crippen LogP contribution is -2.07. The third-order valence-corrected chi connectivity index (χ3v) is 2.89. The molecule has 3 nitrogen and oxygen atoms in total. The Kier molecular flexibility index (Phi) is 3.43. The molecule has 0 atom stereocenters. The van der Waals surface area contributed by atoms with Gasteiger partial charge in [-0.15, -0.1) is 0 Å². The quantitative estimate of drug-likeness (QED) is 0.911. The van der Waals surface area contributed by atoms with Crippen molar-refractivity contribution in [2.24, 2.45) is 5.73 Å². The van der Waals surface area contributed by atoms with E-state index in [1.807, 2.05) is 26.0 Å². The molecule has 2 N–H and O–H groups in total. The van der Waals surface area contributed by atoms with Crippen molar-refractivity contribution < 1.29 is 8.78 Å². The lowest BCUT2D eigenvalue weighted by atomic mass is 10.1. The van der Waals surface area contributed by atoms with E-state index in [-0.39, 0.29) is 12.2 Å². The molecule has 0 aliphatic rings. The molecule has 0 aliphatic carbocycles. The molecule has 5 heteroatoms. The molecule has 1 aromatic heterocycles. The van der Waals surface area contributed by atoms with E-state index < -0.39 is 6.43 Å². The van der Waals surface area contributed by atoms with Crippen molar-refractivity contribution in [2.75, 3.05) is 0 Å². The summed E-state index contributed by atoms with van der Waals surface area (Å²) in [6.45, 7) is 3.89. The van der Waals surface area contributed by atoms with Crippen LogP contribution in [-0.4, -0.2) is 9.78 Å². The van der Waals surface area contributed by atoms with Gasteiger partial charge in [0.25, 0.3) is 6.43 Å². The largest absolute Gasteiger partial charge is 0.326 e. The predicted octanol–water partition coefficient (Wildman–Crippen LogP) is 2.89. The number of alkyl halides is 2. The lowest BCUT2D eigenvalue weighted by Gasteiger charge is -2.11. The summed E-state index contributed by atoms with van der Waals surface area (Å²) in [5.74, 6) is 0. The molecular formula is C13H15F2N3. The van der Waals surface area contributed by atoms with Crippen LogP contribution in [0.4, 0.5) is 8.78 Å². The second-order valence-corrected chi connectivity index (χ2v) is 4.26. The van der Waals surface area contributed by atoms with E-state index in [1.54, 1.807) is 6.07 Å². The zero-order chi connectivity index (χ0) is 13.3. The van der Waals surface area contributed by atoms with Crippen LogP contribution < -0.4 is 5.73 Å². The molecule has 2 rings (SSSR count). The summed E-state index contributed by atoms with van der Waals surface area (Å²) >= 11 is 0. The molecule has 0 saturated heterocycles. The zero-order valence-corrected chi connectivity index (χ0v) is 10.3. The number of halogens is 2. The summed E-state index contributed by atoms with van der Waals surface area (Å²) in [5, 5.41) is 4.03. The van der Waals surface area contributed by atoms with E-state index in [0.717, 1.165) is 11.1 Å². The van der Waals surface area contributed by atoms with Gasteiger partial charge in [0.05, 0.1) is 11.9 Å². The number of hydrogen-bond acceptors (Lipinski definition) is 2. The summed E-state index contributed by atoms with van der Waals surface area (Å²) in [4.78, 5) is 0. The first-order valence-corrected chi connectivity index (χ1v) is 5.67. The van der Waals surface area contributed by atoms with Crippen LogP contribution in [0.25, 0.3) is 5.69 Å². The van der Waals surface area contributed by atoms with Crippen LogP contribution in [0.1, 0.15) is 28.8 Å². The Morgan fingerprint density at radius 2 is 2.06 bits per heavy atom. The van der Waals surface area contributed by atoms with Gasteiger partial charge >= 0.3 is 0 Å². The minimum Gasteiger partial charge on any atom is -0.326 e. The highest BCUT2D eigenvalue weighted by Crippen LogP contribution is 2.27. The molecule has 2 aromatic rings. The maximum atomic E-state index is 13.1. The fourth-order valence-electron chi connectivity index (χ4n) is 2.02. The summed E-state index contributed by atoms with van der Waals surface area (Å²) in [7, 11) is 0. The van der Waals surface area contributed by atoms with Crippen molar-refractivity contribution in [1.29, 1.82) is 0 Å². The highest BCUT2D eigenvalue weighted by atomic mass is 19.3. The van der Waals surface area contributed by atoms with Crippen molar-refractivity contribution in [2.45, 2.75) is 26.8 Å². The van der Waals surface area contributed by atoms with E-state index in [9.17, 15) is 8.78 Å². The number of nitrogens with zero attached hydrogens (tertiary/aromatic N) is 2. The summed E-state index contributed by atoms with van der Waals surface area (Å²) in [6.07, 6.45) is -1.19. The van der Waals surface area contributed by atoms with Crippen molar-refractivity contribution >= 4 is 0 Å². The van der Waals surface area contributed by atoms with Gasteiger partial charge in [-0.2, -0.15) is 5.10 Å². The normalized spacial score (nSPS) is 11.2. The van der Waals surface area contributed by atoms with Gasteiger partial charge in [-0.1, -0.05) is 17.7 Å². The van der Waals surface area contributed by atoms with E-state index in [1.165, 1.54) is 10.9 Å². The fourth-order valence-corrected chi connectivity index (χ4v) is 2.02. The number of aryl methyl sites for hydroxylation is 2. The van der Waals surface area contributed by atoms with Crippen LogP contribution in [0, 0.1) is 13.8 Å². The summed E-state index contributed by atoms with van der Waals surface area (Å²) in [6, 6.07) is 5.61. The maximum absolute atomic E-state index is 13.1. The second kappa shape index (κ2) is 4.86. The monoisotopic (exact) mass is 251 g/mol. The van der Waals surface area contributed by atoms with E-state index in [0.29, 0.717) is 11.3 Å². The van der Waals surface area contributed by atoms with Gasteiger partial charge in [0.1, 0.15) is 5.69 Å². The third-order valence-electron chi connectivity index (χ3n) is 2.89.